The second-order valence-electron chi connectivity index (χ2n) is 4.84. The first kappa shape index (κ1) is 9.17. The van der Waals surface area contributed by atoms with Crippen molar-refractivity contribution in [3.05, 3.63) is 0 Å². The summed E-state index contributed by atoms with van der Waals surface area (Å²) in [5.41, 5.74) is 0. The molecule has 4 atom stereocenters. The number of nitriles is 1. The maximum Gasteiger partial charge on any atom is 0.241 e. The van der Waals surface area contributed by atoms with Gasteiger partial charge in [-0.25, -0.2) is 0 Å². The van der Waals surface area contributed by atoms with Crippen LogP contribution in [0.15, 0.2) is 0 Å². The molecule has 0 aromatic heterocycles. The Kier molecular flexibility index (Phi) is 1.96. The number of carbonyl (C=O) groups is 1. The Morgan fingerprint density at radius 3 is 3.00 bits per heavy atom. The largest absolute Gasteiger partial charge is 0.322 e. The van der Waals surface area contributed by atoms with Crippen molar-refractivity contribution >= 4 is 5.91 Å². The van der Waals surface area contributed by atoms with E-state index < -0.39 is 0 Å². The van der Waals surface area contributed by atoms with Gasteiger partial charge in [-0.2, -0.15) is 5.26 Å². The highest BCUT2D eigenvalue weighted by Crippen LogP contribution is 2.47. The zero-order valence-corrected chi connectivity index (χ0v) is 8.65. The van der Waals surface area contributed by atoms with Crippen LogP contribution in [0.5, 0.6) is 0 Å². The molecule has 80 valence electrons. The summed E-state index contributed by atoms with van der Waals surface area (Å²) >= 11 is 0. The number of carbonyl (C=O) groups excluding carboxylic acids is 1. The van der Waals surface area contributed by atoms with Gasteiger partial charge in [0.05, 0.1) is 12.1 Å². The van der Waals surface area contributed by atoms with E-state index in [-0.39, 0.29) is 18.0 Å². The fourth-order valence-electron chi connectivity index (χ4n) is 2.96. The lowest BCUT2D eigenvalue weighted by Gasteiger charge is -2.25. The lowest BCUT2D eigenvalue weighted by atomic mass is 10.1. The van der Waals surface area contributed by atoms with Crippen LogP contribution in [0, 0.1) is 17.2 Å². The van der Waals surface area contributed by atoms with E-state index in [9.17, 15) is 4.79 Å². The van der Waals surface area contributed by atoms with Gasteiger partial charge in [-0.05, 0) is 38.1 Å². The summed E-state index contributed by atoms with van der Waals surface area (Å²) < 4.78 is 0. The molecular weight excluding hydrogens is 190 g/mol. The van der Waals surface area contributed by atoms with Crippen molar-refractivity contribution in [2.75, 3.05) is 6.54 Å². The number of hydrogen-bond acceptors (Lipinski definition) is 3. The Morgan fingerprint density at radius 1 is 1.47 bits per heavy atom. The topological polar surface area (TPSA) is 56.1 Å². The van der Waals surface area contributed by atoms with Gasteiger partial charge in [0, 0.05) is 6.04 Å². The highest BCUT2D eigenvalue weighted by molar-refractivity contribution is 5.84. The minimum atomic E-state index is -0.149. The summed E-state index contributed by atoms with van der Waals surface area (Å²) in [5.74, 6) is 0.795. The number of amides is 1. The molecule has 1 aliphatic carbocycles. The van der Waals surface area contributed by atoms with Crippen molar-refractivity contribution in [2.45, 2.75) is 43.8 Å². The molecule has 0 bridgehead atoms. The number of likely N-dealkylation sites (tertiary alicyclic amines) is 1. The molecule has 1 amide bonds. The normalized spacial score (nSPS) is 42.5. The molecule has 2 heterocycles. The van der Waals surface area contributed by atoms with Crippen molar-refractivity contribution < 1.29 is 4.79 Å². The summed E-state index contributed by atoms with van der Waals surface area (Å²) in [6, 6.07) is 2.49. The second kappa shape index (κ2) is 3.21. The minimum Gasteiger partial charge on any atom is -0.322 e. The standard InChI is InChI=1S/C11H15N3O/c12-6-8-4-7-5-10(7)14(8)11(15)9-2-1-3-13-9/h7-10,13H,1-5H2/t7-,8+,9-,10+/m1/s1. The van der Waals surface area contributed by atoms with E-state index in [1.807, 2.05) is 4.90 Å². The molecule has 1 N–H and O–H groups in total. The molecule has 4 heteroatoms. The zero-order valence-electron chi connectivity index (χ0n) is 8.65. The predicted molar refractivity (Wildman–Crippen MR) is 53.8 cm³/mol. The number of hydrogen-bond donors (Lipinski definition) is 1. The molecule has 4 nitrogen and oxygen atoms in total. The molecule has 0 aromatic rings. The van der Waals surface area contributed by atoms with Crippen LogP contribution < -0.4 is 5.32 Å². The molecule has 2 saturated heterocycles. The van der Waals surface area contributed by atoms with E-state index in [0.717, 1.165) is 32.2 Å². The van der Waals surface area contributed by atoms with Crippen LogP contribution in [0.2, 0.25) is 0 Å². The van der Waals surface area contributed by atoms with E-state index >= 15 is 0 Å². The van der Waals surface area contributed by atoms with Crippen LogP contribution in [-0.2, 0) is 4.79 Å². The summed E-state index contributed by atoms with van der Waals surface area (Å²) in [4.78, 5) is 14.0. The number of nitrogens with zero attached hydrogens (tertiary/aromatic N) is 2. The van der Waals surface area contributed by atoms with Gasteiger partial charge in [0.1, 0.15) is 6.04 Å². The molecule has 15 heavy (non-hydrogen) atoms. The Balaban J connectivity index is 1.75. The Labute approximate surface area is 89.2 Å². The highest BCUT2D eigenvalue weighted by Gasteiger charge is 2.55. The van der Waals surface area contributed by atoms with Crippen molar-refractivity contribution in [1.82, 2.24) is 10.2 Å². The molecule has 3 fully saturated rings. The van der Waals surface area contributed by atoms with Gasteiger partial charge >= 0.3 is 0 Å². The summed E-state index contributed by atoms with van der Waals surface area (Å²) in [6.45, 7) is 0.940. The van der Waals surface area contributed by atoms with Gasteiger partial charge in [-0.15, -0.1) is 0 Å². The molecule has 0 radical (unpaired) electrons. The Bertz CT molecular complexity index is 329. The monoisotopic (exact) mass is 205 g/mol. The average Bonchev–Trinajstić information content (AvgIpc) is 2.73. The molecule has 0 aromatic carbocycles. The zero-order chi connectivity index (χ0) is 10.4. The molecule has 3 aliphatic rings. The third kappa shape index (κ3) is 1.34. The Hall–Kier alpha value is -1.08. The van der Waals surface area contributed by atoms with E-state index in [1.54, 1.807) is 0 Å². The lowest BCUT2D eigenvalue weighted by molar-refractivity contribution is -0.134. The van der Waals surface area contributed by atoms with E-state index in [2.05, 4.69) is 11.4 Å². The van der Waals surface area contributed by atoms with Crippen molar-refractivity contribution in [3.63, 3.8) is 0 Å². The van der Waals surface area contributed by atoms with Crippen LogP contribution >= 0.6 is 0 Å². The van der Waals surface area contributed by atoms with Gasteiger partial charge in [0.15, 0.2) is 0 Å². The van der Waals surface area contributed by atoms with Crippen molar-refractivity contribution in [1.29, 1.82) is 5.26 Å². The van der Waals surface area contributed by atoms with Gasteiger partial charge in [0.2, 0.25) is 5.91 Å². The van der Waals surface area contributed by atoms with Gasteiger partial charge < -0.3 is 10.2 Å². The van der Waals surface area contributed by atoms with Crippen LogP contribution in [0.1, 0.15) is 25.7 Å². The third-order valence-electron chi connectivity index (χ3n) is 3.87. The molecule has 1 saturated carbocycles. The van der Waals surface area contributed by atoms with E-state index in [1.165, 1.54) is 0 Å². The maximum absolute atomic E-state index is 12.2. The molecule has 3 rings (SSSR count). The summed E-state index contributed by atoms with van der Waals surface area (Å²) in [7, 11) is 0. The number of rotatable bonds is 1. The Morgan fingerprint density at radius 2 is 2.33 bits per heavy atom. The van der Waals surface area contributed by atoms with Crippen LogP contribution in [-0.4, -0.2) is 35.5 Å². The quantitative estimate of drug-likeness (QED) is 0.667. The van der Waals surface area contributed by atoms with E-state index in [0.29, 0.717) is 12.0 Å². The first-order chi connectivity index (χ1) is 7.31. The van der Waals surface area contributed by atoms with E-state index in [4.69, 9.17) is 5.26 Å². The lowest BCUT2D eigenvalue weighted by Crippen LogP contribution is -2.47. The van der Waals surface area contributed by atoms with Crippen molar-refractivity contribution in [2.24, 2.45) is 5.92 Å². The van der Waals surface area contributed by atoms with Crippen LogP contribution in [0.3, 0.4) is 0 Å². The molecule has 0 unspecified atom stereocenters. The number of fused-ring (bicyclic) bond motifs is 1. The summed E-state index contributed by atoms with van der Waals surface area (Å²) in [5, 5.41) is 12.2. The van der Waals surface area contributed by atoms with Gasteiger partial charge in [-0.3, -0.25) is 4.79 Å². The highest BCUT2D eigenvalue weighted by atomic mass is 16.2. The SMILES string of the molecule is N#C[C@@H]1C[C@@H]2C[C@@H]2N1C(=O)[C@H]1CCCN1. The molecule has 0 spiro atoms. The summed E-state index contributed by atoms with van der Waals surface area (Å²) in [6.07, 6.45) is 4.04. The second-order valence-corrected chi connectivity index (χ2v) is 4.84. The van der Waals surface area contributed by atoms with Gasteiger partial charge in [-0.1, -0.05) is 0 Å². The van der Waals surface area contributed by atoms with Gasteiger partial charge in [0.25, 0.3) is 0 Å². The molecular formula is C11H15N3O. The predicted octanol–water partition coefficient (Wildman–Crippen LogP) is 0.251. The fourth-order valence-corrected chi connectivity index (χ4v) is 2.96. The maximum atomic E-state index is 12.2. The number of nitrogens with one attached hydrogen (secondary N) is 1. The molecule has 2 aliphatic heterocycles. The smallest absolute Gasteiger partial charge is 0.241 e. The van der Waals surface area contributed by atoms with Crippen LogP contribution in [0.25, 0.3) is 0 Å². The number of piperidine rings is 1. The third-order valence-corrected chi connectivity index (χ3v) is 3.87. The average molecular weight is 205 g/mol. The minimum absolute atomic E-state index is 0.0137. The van der Waals surface area contributed by atoms with Crippen molar-refractivity contribution in [3.8, 4) is 6.07 Å². The fraction of sp³-hybridized carbons (Fsp3) is 0.818. The first-order valence-corrected chi connectivity index (χ1v) is 5.76. The van der Waals surface area contributed by atoms with Crippen LogP contribution in [0.4, 0.5) is 0 Å². The first-order valence-electron chi connectivity index (χ1n) is 5.76.